The van der Waals surface area contributed by atoms with Crippen LogP contribution in [0.15, 0.2) is 6.20 Å². The van der Waals surface area contributed by atoms with Gasteiger partial charge in [-0.15, -0.1) is 0 Å². The van der Waals surface area contributed by atoms with Crippen LogP contribution in [0.3, 0.4) is 0 Å². The number of H-pyrrole nitrogens is 1. The Morgan fingerprint density at radius 1 is 1.38 bits per heavy atom. The van der Waals surface area contributed by atoms with Gasteiger partial charge in [-0.3, -0.25) is 4.68 Å². The average Bonchev–Trinajstić information content (AvgIpc) is 2.65. The van der Waals surface area contributed by atoms with Crippen molar-refractivity contribution in [3.05, 3.63) is 33.6 Å². The first kappa shape index (κ1) is 11.1. The van der Waals surface area contributed by atoms with Crippen molar-refractivity contribution >= 4 is 12.2 Å². The molecule has 16 heavy (non-hydrogen) atoms. The summed E-state index contributed by atoms with van der Waals surface area (Å²) in [7, 11) is 1.97. The Bertz CT molecular complexity index is 573. The molecule has 0 aliphatic carbocycles. The Kier molecular flexibility index (Phi) is 2.71. The Hall–Kier alpha value is -1.36. The molecule has 0 bridgehead atoms. The van der Waals surface area contributed by atoms with E-state index in [9.17, 15) is 0 Å². The lowest BCUT2D eigenvalue weighted by atomic mass is 10.2. The molecule has 0 fully saturated rings. The number of nitrogens with one attached hydrogen (secondary N) is 1. The van der Waals surface area contributed by atoms with Gasteiger partial charge in [0.05, 0.1) is 12.2 Å². The summed E-state index contributed by atoms with van der Waals surface area (Å²) >= 11 is 5.25. The molecule has 0 spiro atoms. The van der Waals surface area contributed by atoms with Gasteiger partial charge in [0, 0.05) is 30.2 Å². The molecule has 1 N–H and O–H groups in total. The third kappa shape index (κ3) is 1.71. The summed E-state index contributed by atoms with van der Waals surface area (Å²) in [6, 6.07) is 0. The quantitative estimate of drug-likeness (QED) is 0.812. The molecule has 0 atom stereocenters. The van der Waals surface area contributed by atoms with Gasteiger partial charge in [-0.25, -0.2) is 0 Å². The Labute approximate surface area is 99.9 Å². The maximum absolute atomic E-state index is 5.25. The van der Waals surface area contributed by atoms with Crippen LogP contribution in [0.4, 0.5) is 0 Å². The fourth-order valence-corrected chi connectivity index (χ4v) is 2.15. The highest BCUT2D eigenvalue weighted by Crippen LogP contribution is 2.15. The van der Waals surface area contributed by atoms with Gasteiger partial charge in [-0.1, -0.05) is 0 Å². The maximum Gasteiger partial charge on any atom is 0.177 e. The second kappa shape index (κ2) is 3.90. The standard InChI is InChI=1S/C11H16N4S/c1-7-5-12-11(16)15(7)6-10-8(2)13-14(4)9(10)3/h5H,6H2,1-4H3,(H,12,16). The van der Waals surface area contributed by atoms with Crippen LogP contribution in [0.1, 0.15) is 22.6 Å². The van der Waals surface area contributed by atoms with E-state index in [2.05, 4.69) is 21.6 Å². The second-order valence-corrected chi connectivity index (χ2v) is 4.48. The van der Waals surface area contributed by atoms with Crippen LogP contribution in [0.5, 0.6) is 0 Å². The van der Waals surface area contributed by atoms with Crippen molar-refractivity contribution in [3.63, 3.8) is 0 Å². The maximum atomic E-state index is 5.25. The van der Waals surface area contributed by atoms with Gasteiger partial charge in [0.25, 0.3) is 0 Å². The van der Waals surface area contributed by atoms with E-state index in [-0.39, 0.29) is 0 Å². The molecule has 86 valence electrons. The van der Waals surface area contributed by atoms with Gasteiger partial charge >= 0.3 is 0 Å². The van der Waals surface area contributed by atoms with E-state index in [0.29, 0.717) is 0 Å². The van der Waals surface area contributed by atoms with E-state index in [1.54, 1.807) is 0 Å². The second-order valence-electron chi connectivity index (χ2n) is 4.09. The van der Waals surface area contributed by atoms with Crippen molar-refractivity contribution in [1.29, 1.82) is 0 Å². The molecule has 5 heteroatoms. The first-order chi connectivity index (χ1) is 7.50. The number of hydrogen-bond acceptors (Lipinski definition) is 2. The number of hydrogen-bond donors (Lipinski definition) is 1. The van der Waals surface area contributed by atoms with Crippen LogP contribution in [-0.2, 0) is 13.6 Å². The number of aromatic nitrogens is 4. The summed E-state index contributed by atoms with van der Waals surface area (Å²) in [5.41, 5.74) is 4.66. The highest BCUT2D eigenvalue weighted by Gasteiger charge is 2.11. The highest BCUT2D eigenvalue weighted by atomic mass is 32.1. The van der Waals surface area contributed by atoms with E-state index >= 15 is 0 Å². The average molecular weight is 236 g/mol. The molecule has 4 nitrogen and oxygen atoms in total. The zero-order chi connectivity index (χ0) is 11.9. The molecule has 0 saturated heterocycles. The Balaban J connectivity index is 2.45. The minimum atomic E-state index is 0.764. The zero-order valence-electron chi connectivity index (χ0n) is 10.0. The molecule has 0 saturated carbocycles. The van der Waals surface area contributed by atoms with Crippen LogP contribution in [-0.4, -0.2) is 19.3 Å². The third-order valence-corrected chi connectivity index (χ3v) is 3.39. The molecule has 0 amide bonds. The topological polar surface area (TPSA) is 38.5 Å². The molecule has 2 aromatic rings. The molecule has 2 heterocycles. The van der Waals surface area contributed by atoms with Gasteiger partial charge < -0.3 is 9.55 Å². The SMILES string of the molecule is Cc1nn(C)c(C)c1Cn1c(C)c[nH]c1=S. The van der Waals surface area contributed by atoms with Crippen molar-refractivity contribution < 1.29 is 0 Å². The molecule has 0 aliphatic heterocycles. The lowest BCUT2D eigenvalue weighted by Crippen LogP contribution is -2.04. The number of aromatic amines is 1. The van der Waals surface area contributed by atoms with Crippen LogP contribution in [0.2, 0.25) is 0 Å². The van der Waals surface area contributed by atoms with E-state index in [1.807, 2.05) is 31.8 Å². The summed E-state index contributed by atoms with van der Waals surface area (Å²) in [6.07, 6.45) is 1.93. The first-order valence-corrected chi connectivity index (χ1v) is 5.65. The molecule has 0 radical (unpaired) electrons. The lowest BCUT2D eigenvalue weighted by Gasteiger charge is -2.05. The first-order valence-electron chi connectivity index (χ1n) is 5.24. The summed E-state index contributed by atoms with van der Waals surface area (Å²) in [4.78, 5) is 3.05. The van der Waals surface area contributed by atoms with Crippen LogP contribution in [0, 0.1) is 25.5 Å². The smallest absolute Gasteiger partial charge is 0.177 e. The third-order valence-electron chi connectivity index (χ3n) is 3.05. The molecule has 0 aromatic carbocycles. The van der Waals surface area contributed by atoms with Gasteiger partial charge in [0.2, 0.25) is 0 Å². The van der Waals surface area contributed by atoms with Crippen LogP contribution < -0.4 is 0 Å². The predicted octanol–water partition coefficient (Wildman–Crippen LogP) is 2.25. The van der Waals surface area contributed by atoms with E-state index in [4.69, 9.17) is 12.2 Å². The number of nitrogens with zero attached hydrogens (tertiary/aromatic N) is 3. The monoisotopic (exact) mass is 236 g/mol. The minimum absolute atomic E-state index is 0.764. The summed E-state index contributed by atoms with van der Waals surface area (Å²) in [6.45, 7) is 6.96. The molecule has 2 rings (SSSR count). The Morgan fingerprint density at radius 2 is 2.06 bits per heavy atom. The fraction of sp³-hybridized carbons (Fsp3) is 0.455. The predicted molar refractivity (Wildman–Crippen MR) is 66.1 cm³/mol. The van der Waals surface area contributed by atoms with Crippen molar-refractivity contribution in [3.8, 4) is 0 Å². The molecule has 0 unspecified atom stereocenters. The lowest BCUT2D eigenvalue weighted by molar-refractivity contribution is 0.722. The van der Waals surface area contributed by atoms with Gasteiger partial charge in [0.1, 0.15) is 0 Å². The minimum Gasteiger partial charge on any atom is -0.337 e. The molecular weight excluding hydrogens is 220 g/mol. The molecule has 2 aromatic heterocycles. The van der Waals surface area contributed by atoms with Gasteiger partial charge in [-0.05, 0) is 33.0 Å². The normalized spacial score (nSPS) is 11.0. The van der Waals surface area contributed by atoms with Crippen molar-refractivity contribution in [1.82, 2.24) is 19.3 Å². The highest BCUT2D eigenvalue weighted by molar-refractivity contribution is 7.71. The number of rotatable bonds is 2. The van der Waals surface area contributed by atoms with Crippen molar-refractivity contribution in [2.45, 2.75) is 27.3 Å². The van der Waals surface area contributed by atoms with E-state index in [1.165, 1.54) is 11.3 Å². The van der Waals surface area contributed by atoms with E-state index in [0.717, 1.165) is 22.7 Å². The van der Waals surface area contributed by atoms with Gasteiger partial charge in [0.15, 0.2) is 4.77 Å². The largest absolute Gasteiger partial charge is 0.337 e. The number of imidazole rings is 1. The zero-order valence-corrected chi connectivity index (χ0v) is 10.9. The van der Waals surface area contributed by atoms with Gasteiger partial charge in [-0.2, -0.15) is 5.10 Å². The summed E-state index contributed by atoms with van der Waals surface area (Å²) < 4.78 is 4.77. The van der Waals surface area contributed by atoms with Crippen molar-refractivity contribution in [2.24, 2.45) is 7.05 Å². The summed E-state index contributed by atoms with van der Waals surface area (Å²) in [5, 5.41) is 4.41. The fourth-order valence-electron chi connectivity index (χ4n) is 1.88. The molecule has 0 aliphatic rings. The van der Waals surface area contributed by atoms with Crippen LogP contribution in [0.25, 0.3) is 0 Å². The Morgan fingerprint density at radius 3 is 2.50 bits per heavy atom. The number of aryl methyl sites for hydroxylation is 3. The van der Waals surface area contributed by atoms with Crippen LogP contribution >= 0.6 is 12.2 Å². The summed E-state index contributed by atoms with van der Waals surface area (Å²) in [5.74, 6) is 0. The van der Waals surface area contributed by atoms with Crippen molar-refractivity contribution in [2.75, 3.05) is 0 Å². The van der Waals surface area contributed by atoms with E-state index < -0.39 is 0 Å². The molecular formula is C11H16N4S.